The van der Waals surface area contributed by atoms with Crippen molar-refractivity contribution in [3.05, 3.63) is 89.2 Å². The Morgan fingerprint density at radius 1 is 0.915 bits per heavy atom. The van der Waals surface area contributed by atoms with Crippen LogP contribution in [0, 0.1) is 0 Å². The SMILES string of the molecule is COC(=O)CCc1ccc(Oc2cccc(C(=O)N(C)Cc3ccnc(C4CCN(CCN(C)C(=O)OC(C)(C)C)CC4)c3)c2)cc1. The lowest BCUT2D eigenvalue weighted by atomic mass is 9.92. The molecule has 0 spiro atoms. The van der Waals surface area contributed by atoms with Crippen molar-refractivity contribution < 1.29 is 28.6 Å². The van der Waals surface area contributed by atoms with E-state index in [1.165, 1.54) is 7.11 Å². The van der Waals surface area contributed by atoms with E-state index in [2.05, 4.69) is 16.0 Å². The Kier molecular flexibility index (Phi) is 12.4. The Morgan fingerprint density at radius 3 is 2.32 bits per heavy atom. The molecule has 252 valence electrons. The van der Waals surface area contributed by atoms with Crippen LogP contribution in [-0.2, 0) is 27.2 Å². The van der Waals surface area contributed by atoms with Gasteiger partial charge in [0.2, 0.25) is 0 Å². The van der Waals surface area contributed by atoms with Gasteiger partial charge in [-0.1, -0.05) is 18.2 Å². The summed E-state index contributed by atoms with van der Waals surface area (Å²) in [7, 11) is 4.97. The second-order valence-electron chi connectivity index (χ2n) is 13.1. The van der Waals surface area contributed by atoms with Crippen molar-refractivity contribution in [2.45, 2.75) is 64.5 Å². The maximum Gasteiger partial charge on any atom is 0.410 e. The van der Waals surface area contributed by atoms with Crippen LogP contribution in [0.4, 0.5) is 4.79 Å². The van der Waals surface area contributed by atoms with Crippen molar-refractivity contribution in [3.8, 4) is 11.5 Å². The lowest BCUT2D eigenvalue weighted by Crippen LogP contribution is -2.41. The Labute approximate surface area is 278 Å². The average molecular weight is 645 g/mol. The molecule has 2 amide bonds. The Morgan fingerprint density at radius 2 is 1.64 bits per heavy atom. The van der Waals surface area contributed by atoms with E-state index in [9.17, 15) is 14.4 Å². The van der Waals surface area contributed by atoms with E-state index in [0.717, 1.165) is 49.3 Å². The molecule has 1 fully saturated rings. The monoisotopic (exact) mass is 644 g/mol. The molecule has 2 aromatic carbocycles. The lowest BCUT2D eigenvalue weighted by Gasteiger charge is -2.33. The number of benzene rings is 2. The van der Waals surface area contributed by atoms with E-state index in [4.69, 9.17) is 14.2 Å². The first-order chi connectivity index (χ1) is 22.4. The molecule has 0 aliphatic carbocycles. The highest BCUT2D eigenvalue weighted by molar-refractivity contribution is 5.94. The molecule has 1 aliphatic heterocycles. The summed E-state index contributed by atoms with van der Waals surface area (Å²) < 4.78 is 16.2. The summed E-state index contributed by atoms with van der Waals surface area (Å²) in [4.78, 5) is 47.4. The van der Waals surface area contributed by atoms with Crippen molar-refractivity contribution in [1.29, 1.82) is 0 Å². The molecule has 1 aliphatic rings. The molecule has 0 atom stereocenters. The number of amides is 2. The number of likely N-dealkylation sites (N-methyl/N-ethyl adjacent to an activating group) is 1. The van der Waals surface area contributed by atoms with Gasteiger partial charge >= 0.3 is 12.1 Å². The van der Waals surface area contributed by atoms with Crippen LogP contribution in [0.2, 0.25) is 0 Å². The maximum absolute atomic E-state index is 13.4. The Bertz CT molecular complexity index is 1500. The summed E-state index contributed by atoms with van der Waals surface area (Å²) in [6.45, 7) is 9.39. The molecular weight excluding hydrogens is 596 g/mol. The van der Waals surface area contributed by atoms with Crippen molar-refractivity contribution in [2.24, 2.45) is 0 Å². The van der Waals surface area contributed by atoms with Gasteiger partial charge in [0.05, 0.1) is 7.11 Å². The fourth-order valence-corrected chi connectivity index (χ4v) is 5.46. The third kappa shape index (κ3) is 11.1. The van der Waals surface area contributed by atoms with Crippen molar-refractivity contribution in [1.82, 2.24) is 19.7 Å². The number of carbonyl (C=O) groups excluding carboxylic acids is 3. The maximum atomic E-state index is 13.4. The first-order valence-electron chi connectivity index (χ1n) is 16.2. The molecule has 47 heavy (non-hydrogen) atoms. The number of aromatic nitrogens is 1. The number of carbonyl (C=O) groups is 3. The normalized spacial score (nSPS) is 13.9. The third-order valence-electron chi connectivity index (χ3n) is 8.16. The standard InChI is InChI=1S/C37H48N4O6/c1-37(2,3)47-36(44)39(4)22-23-41-20-17-29(18-21-41)33-24-28(16-19-38-33)26-40(5)35(43)30-8-7-9-32(25-30)46-31-13-10-27(11-14-31)12-15-34(42)45-6/h7-11,13-14,16,19,24-25,29H,12,15,17-18,20-23,26H2,1-6H3. The number of esters is 1. The zero-order valence-electron chi connectivity index (χ0n) is 28.5. The molecule has 10 heteroatoms. The van der Waals surface area contributed by atoms with Gasteiger partial charge in [0.25, 0.3) is 5.91 Å². The number of piperidine rings is 1. The number of likely N-dealkylation sites (tertiary alicyclic amines) is 1. The minimum absolute atomic E-state index is 0.100. The third-order valence-corrected chi connectivity index (χ3v) is 8.16. The van der Waals surface area contributed by atoms with Gasteiger partial charge < -0.3 is 28.9 Å². The molecule has 2 heterocycles. The first-order valence-corrected chi connectivity index (χ1v) is 16.2. The van der Waals surface area contributed by atoms with Gasteiger partial charge in [-0.2, -0.15) is 0 Å². The summed E-state index contributed by atoms with van der Waals surface area (Å²) in [6.07, 6.45) is 4.44. The number of pyridine rings is 1. The topological polar surface area (TPSA) is 102 Å². The van der Waals surface area contributed by atoms with Gasteiger partial charge in [0.15, 0.2) is 0 Å². The van der Waals surface area contributed by atoms with Crippen LogP contribution in [0.5, 0.6) is 11.5 Å². The summed E-state index contributed by atoms with van der Waals surface area (Å²) in [6, 6.07) is 18.8. The van der Waals surface area contributed by atoms with Crippen LogP contribution in [0.3, 0.4) is 0 Å². The van der Waals surface area contributed by atoms with E-state index in [0.29, 0.717) is 48.9 Å². The largest absolute Gasteiger partial charge is 0.469 e. The predicted molar refractivity (Wildman–Crippen MR) is 181 cm³/mol. The van der Waals surface area contributed by atoms with E-state index in [1.807, 2.05) is 69.4 Å². The van der Waals surface area contributed by atoms with Gasteiger partial charge in [-0.25, -0.2) is 4.79 Å². The van der Waals surface area contributed by atoms with Crippen molar-refractivity contribution >= 4 is 18.0 Å². The number of ether oxygens (including phenoxy) is 3. The summed E-state index contributed by atoms with van der Waals surface area (Å²) in [5.74, 6) is 1.23. The van der Waals surface area contributed by atoms with Crippen molar-refractivity contribution in [2.75, 3.05) is 47.4 Å². The van der Waals surface area contributed by atoms with Gasteiger partial charge in [-0.3, -0.25) is 14.6 Å². The smallest absolute Gasteiger partial charge is 0.410 e. The molecule has 0 N–H and O–H groups in total. The molecule has 1 aromatic heterocycles. The minimum Gasteiger partial charge on any atom is -0.469 e. The first kappa shape index (κ1) is 35.4. The van der Waals surface area contributed by atoms with Crippen molar-refractivity contribution in [3.63, 3.8) is 0 Å². The number of hydrogen-bond donors (Lipinski definition) is 0. The fourth-order valence-electron chi connectivity index (χ4n) is 5.46. The van der Waals surface area contributed by atoms with Gasteiger partial charge in [-0.05, 0) is 107 Å². The van der Waals surface area contributed by atoms with Gasteiger partial charge in [0, 0.05) is 63.5 Å². The Hall–Kier alpha value is -4.44. The summed E-state index contributed by atoms with van der Waals surface area (Å²) >= 11 is 0. The minimum atomic E-state index is -0.502. The van der Waals surface area contributed by atoms with E-state index in [1.54, 1.807) is 36.0 Å². The molecule has 0 bridgehead atoms. The molecule has 4 rings (SSSR count). The highest BCUT2D eigenvalue weighted by atomic mass is 16.6. The van der Waals surface area contributed by atoms with Gasteiger partial charge in [-0.15, -0.1) is 0 Å². The zero-order valence-corrected chi connectivity index (χ0v) is 28.5. The Balaban J connectivity index is 1.26. The molecular formula is C37H48N4O6. The van der Waals surface area contributed by atoms with Crippen LogP contribution in [0.25, 0.3) is 0 Å². The van der Waals surface area contributed by atoms with Crippen LogP contribution in [-0.4, -0.2) is 90.6 Å². The second-order valence-corrected chi connectivity index (χ2v) is 13.1. The van der Waals surface area contributed by atoms with Crippen LogP contribution in [0.15, 0.2) is 66.9 Å². The lowest BCUT2D eigenvalue weighted by molar-refractivity contribution is -0.140. The highest BCUT2D eigenvalue weighted by Crippen LogP contribution is 2.28. The van der Waals surface area contributed by atoms with E-state index < -0.39 is 5.60 Å². The number of aryl methyl sites for hydroxylation is 1. The van der Waals surface area contributed by atoms with Crippen LogP contribution < -0.4 is 4.74 Å². The fraction of sp³-hybridized carbons (Fsp3) is 0.459. The van der Waals surface area contributed by atoms with E-state index >= 15 is 0 Å². The number of nitrogens with zero attached hydrogens (tertiary/aromatic N) is 4. The molecule has 0 radical (unpaired) electrons. The number of hydrogen-bond acceptors (Lipinski definition) is 8. The molecule has 0 unspecified atom stereocenters. The van der Waals surface area contributed by atoms with E-state index in [-0.39, 0.29) is 18.0 Å². The molecule has 0 saturated carbocycles. The number of rotatable bonds is 12. The van der Waals surface area contributed by atoms with Gasteiger partial charge in [0.1, 0.15) is 17.1 Å². The predicted octanol–water partition coefficient (Wildman–Crippen LogP) is 6.30. The number of methoxy groups -OCH3 is 1. The van der Waals surface area contributed by atoms with Crippen LogP contribution >= 0.6 is 0 Å². The molecule has 3 aromatic rings. The quantitative estimate of drug-likeness (QED) is 0.212. The molecule has 1 saturated heterocycles. The second kappa shape index (κ2) is 16.4. The zero-order chi connectivity index (χ0) is 34.0. The van der Waals surface area contributed by atoms with Crippen LogP contribution in [0.1, 0.15) is 73.1 Å². The summed E-state index contributed by atoms with van der Waals surface area (Å²) in [5.41, 5.74) is 3.14. The summed E-state index contributed by atoms with van der Waals surface area (Å²) in [5, 5.41) is 0. The highest BCUT2D eigenvalue weighted by Gasteiger charge is 2.24. The molecule has 10 nitrogen and oxygen atoms in total. The average Bonchev–Trinajstić information content (AvgIpc) is 3.06.